The smallest absolute Gasteiger partial charge is 0.419 e. The van der Waals surface area contributed by atoms with E-state index in [0.717, 1.165) is 12.0 Å². The van der Waals surface area contributed by atoms with E-state index in [4.69, 9.17) is 9.84 Å². The molecule has 0 radical (unpaired) electrons. The van der Waals surface area contributed by atoms with Gasteiger partial charge in [0.2, 0.25) is 5.91 Å². The number of rotatable bonds is 5. The lowest BCUT2D eigenvalue weighted by atomic mass is 10.1. The number of nitrogens with zero attached hydrogens (tertiary/aromatic N) is 1. The number of ether oxygens (including phenoxy) is 3. The number of nitrogens with one attached hydrogen (secondary N) is 1. The van der Waals surface area contributed by atoms with Crippen molar-refractivity contribution in [2.24, 2.45) is 0 Å². The third kappa shape index (κ3) is 5.99. The molecule has 146 valence electrons. The summed E-state index contributed by atoms with van der Waals surface area (Å²) in [4.78, 5) is 59.3. The molecule has 0 bridgehead atoms. The molecule has 1 rings (SSSR count). The van der Waals surface area contributed by atoms with Crippen LogP contribution in [-0.2, 0) is 38.2 Å². The molecule has 0 aromatic carbocycles. The molecule has 0 aromatic rings. The molecule has 1 saturated heterocycles. The Morgan fingerprint density at radius 2 is 1.92 bits per heavy atom. The van der Waals surface area contributed by atoms with Gasteiger partial charge in [0.05, 0.1) is 19.6 Å². The van der Waals surface area contributed by atoms with E-state index in [-0.39, 0.29) is 19.5 Å². The van der Waals surface area contributed by atoms with Crippen LogP contribution in [0, 0.1) is 0 Å². The number of methoxy groups -OCH3 is 1. The second kappa shape index (κ2) is 8.61. The molecule has 1 unspecified atom stereocenters. The summed E-state index contributed by atoms with van der Waals surface area (Å²) in [5, 5.41) is 11.5. The van der Waals surface area contributed by atoms with Crippen molar-refractivity contribution in [1.29, 1.82) is 0 Å². The number of aliphatic carboxylic acids is 1. The fourth-order valence-electron chi connectivity index (χ4n) is 2.14. The summed E-state index contributed by atoms with van der Waals surface area (Å²) in [7, 11) is 1.16. The van der Waals surface area contributed by atoms with Crippen molar-refractivity contribution in [3.63, 3.8) is 0 Å². The van der Waals surface area contributed by atoms with Crippen LogP contribution in [0.3, 0.4) is 0 Å². The van der Waals surface area contributed by atoms with Crippen LogP contribution in [0.15, 0.2) is 0 Å². The largest absolute Gasteiger partial charge is 0.473 e. The molecule has 0 spiro atoms. The second-order valence-electron chi connectivity index (χ2n) is 6.41. The first-order valence-corrected chi connectivity index (χ1v) is 7.73. The van der Waals surface area contributed by atoms with Crippen LogP contribution in [0.5, 0.6) is 0 Å². The van der Waals surface area contributed by atoms with Crippen molar-refractivity contribution in [3.05, 3.63) is 0 Å². The predicted molar refractivity (Wildman–Crippen MR) is 83.5 cm³/mol. The Bertz CT molecular complexity index is 596. The first-order valence-electron chi connectivity index (χ1n) is 7.73. The Kier molecular flexibility index (Phi) is 7.07. The van der Waals surface area contributed by atoms with E-state index in [1.54, 1.807) is 20.8 Å². The summed E-state index contributed by atoms with van der Waals surface area (Å²) in [5.74, 6) is -6.12. The van der Waals surface area contributed by atoms with E-state index < -0.39 is 47.7 Å². The molecule has 1 aliphatic rings. The maximum Gasteiger partial charge on any atom is 0.419 e. The molecule has 2 atom stereocenters. The number of carbonyl (C=O) groups is 5. The minimum atomic E-state index is -1.92. The zero-order valence-electron chi connectivity index (χ0n) is 14.9. The van der Waals surface area contributed by atoms with Gasteiger partial charge in [-0.05, 0) is 20.8 Å². The van der Waals surface area contributed by atoms with Crippen molar-refractivity contribution in [2.45, 2.75) is 45.1 Å². The standard InChI is InChI=1S/C15H22N2O9/c1-15(2,3)26-13(22)11(25-14(23)12(20)21)17-6-5-16-8(10(17)19)7-9(18)24-4/h8,11,16H,5-7H2,1-4H3,(H,20,21)/t8?,11-/m0/s1. The SMILES string of the molecule is COC(=O)CC1NCCN([C@@H](OC(=O)C(=O)O)C(=O)OC(C)(C)C)C1=O. The number of carbonyl (C=O) groups excluding carboxylic acids is 4. The Morgan fingerprint density at radius 1 is 1.31 bits per heavy atom. The highest BCUT2D eigenvalue weighted by molar-refractivity contribution is 6.29. The first kappa shape index (κ1) is 21.4. The monoisotopic (exact) mass is 374 g/mol. The molecule has 2 N–H and O–H groups in total. The number of carboxylic acids is 1. The lowest BCUT2D eigenvalue weighted by molar-refractivity contribution is -0.195. The fraction of sp³-hybridized carbons (Fsp3) is 0.667. The van der Waals surface area contributed by atoms with Crippen LogP contribution in [0.4, 0.5) is 0 Å². The highest BCUT2D eigenvalue weighted by atomic mass is 16.6. The van der Waals surface area contributed by atoms with Crippen LogP contribution in [-0.4, -0.2) is 77.9 Å². The van der Waals surface area contributed by atoms with Gasteiger partial charge in [0.25, 0.3) is 6.23 Å². The summed E-state index contributed by atoms with van der Waals surface area (Å²) in [6, 6.07) is -1.01. The van der Waals surface area contributed by atoms with Crippen molar-refractivity contribution in [2.75, 3.05) is 20.2 Å². The third-order valence-electron chi connectivity index (χ3n) is 3.21. The van der Waals surface area contributed by atoms with Gasteiger partial charge in [-0.2, -0.15) is 0 Å². The predicted octanol–water partition coefficient (Wildman–Crippen LogP) is -1.35. The molecule has 1 heterocycles. The van der Waals surface area contributed by atoms with Gasteiger partial charge in [0, 0.05) is 13.1 Å². The molecule has 11 nitrogen and oxygen atoms in total. The molecule has 11 heteroatoms. The minimum absolute atomic E-state index is 0.0622. The number of esters is 3. The van der Waals surface area contributed by atoms with Gasteiger partial charge >= 0.3 is 23.9 Å². The summed E-state index contributed by atoms with van der Waals surface area (Å²) in [6.07, 6.45) is -2.19. The van der Waals surface area contributed by atoms with Crippen molar-refractivity contribution >= 4 is 29.8 Å². The molecular formula is C15H22N2O9. The molecule has 0 aromatic heterocycles. The van der Waals surface area contributed by atoms with Gasteiger partial charge in [0.15, 0.2) is 0 Å². The molecule has 0 aliphatic carbocycles. The Hall–Kier alpha value is -2.69. The zero-order chi connectivity index (χ0) is 20.1. The number of piperazine rings is 1. The number of carboxylic acid groups (broad SMARTS) is 1. The molecule has 1 aliphatic heterocycles. The molecule has 0 saturated carbocycles. The van der Waals surface area contributed by atoms with Crippen molar-refractivity contribution in [1.82, 2.24) is 10.2 Å². The van der Waals surface area contributed by atoms with Crippen LogP contribution in [0.25, 0.3) is 0 Å². The highest BCUT2D eigenvalue weighted by Gasteiger charge is 2.42. The van der Waals surface area contributed by atoms with Crippen LogP contribution in [0.2, 0.25) is 0 Å². The zero-order valence-corrected chi connectivity index (χ0v) is 14.9. The fourth-order valence-corrected chi connectivity index (χ4v) is 2.14. The average molecular weight is 374 g/mol. The molecule has 1 fully saturated rings. The minimum Gasteiger partial charge on any atom is -0.473 e. The quantitative estimate of drug-likeness (QED) is 0.336. The van der Waals surface area contributed by atoms with Gasteiger partial charge in [0.1, 0.15) is 5.60 Å². The van der Waals surface area contributed by atoms with E-state index >= 15 is 0 Å². The van der Waals surface area contributed by atoms with Gasteiger partial charge < -0.3 is 24.6 Å². The van der Waals surface area contributed by atoms with Crippen molar-refractivity contribution in [3.8, 4) is 0 Å². The second-order valence-corrected chi connectivity index (χ2v) is 6.41. The van der Waals surface area contributed by atoms with Gasteiger partial charge in [-0.3, -0.25) is 14.5 Å². The maximum absolute atomic E-state index is 12.5. The van der Waals surface area contributed by atoms with Crippen molar-refractivity contribution < 1.29 is 43.3 Å². The van der Waals surface area contributed by atoms with Crippen LogP contribution >= 0.6 is 0 Å². The Morgan fingerprint density at radius 3 is 2.42 bits per heavy atom. The van der Waals surface area contributed by atoms with Gasteiger partial charge in [-0.15, -0.1) is 0 Å². The van der Waals surface area contributed by atoms with Gasteiger partial charge in [-0.1, -0.05) is 0 Å². The summed E-state index contributed by atoms with van der Waals surface area (Å²) >= 11 is 0. The third-order valence-corrected chi connectivity index (χ3v) is 3.21. The number of hydrogen-bond donors (Lipinski definition) is 2. The molecule has 1 amide bonds. The molecular weight excluding hydrogens is 352 g/mol. The lowest BCUT2D eigenvalue weighted by Crippen LogP contribution is -2.61. The van der Waals surface area contributed by atoms with Crippen LogP contribution < -0.4 is 5.32 Å². The van der Waals surface area contributed by atoms with E-state index in [9.17, 15) is 24.0 Å². The van der Waals surface area contributed by atoms with Gasteiger partial charge in [-0.25, -0.2) is 14.4 Å². The van der Waals surface area contributed by atoms with E-state index in [1.165, 1.54) is 0 Å². The van der Waals surface area contributed by atoms with E-state index in [1.807, 2.05) is 0 Å². The molecule has 26 heavy (non-hydrogen) atoms. The normalized spacial score (nSPS) is 18.7. The lowest BCUT2D eigenvalue weighted by Gasteiger charge is -2.37. The summed E-state index contributed by atoms with van der Waals surface area (Å²) in [6.45, 7) is 4.78. The number of amides is 1. The Balaban J connectivity index is 3.05. The highest BCUT2D eigenvalue weighted by Crippen LogP contribution is 2.16. The van der Waals surface area contributed by atoms with Crippen LogP contribution in [0.1, 0.15) is 27.2 Å². The number of hydrogen-bond acceptors (Lipinski definition) is 9. The maximum atomic E-state index is 12.5. The van der Waals surface area contributed by atoms with E-state index in [0.29, 0.717) is 0 Å². The average Bonchev–Trinajstić information content (AvgIpc) is 2.52. The first-order chi connectivity index (χ1) is 12.0. The summed E-state index contributed by atoms with van der Waals surface area (Å²) < 4.78 is 14.3. The summed E-state index contributed by atoms with van der Waals surface area (Å²) in [5.41, 5.74) is -0.965. The van der Waals surface area contributed by atoms with E-state index in [2.05, 4.69) is 14.8 Å². The Labute approximate surface area is 149 Å². The topological polar surface area (TPSA) is 149 Å².